The molecule has 9 nitrogen and oxygen atoms in total. The van der Waals surface area contributed by atoms with Crippen molar-refractivity contribution in [1.29, 1.82) is 0 Å². The first-order valence-electron chi connectivity index (χ1n) is 7.49. The van der Waals surface area contributed by atoms with Crippen LogP contribution in [0.25, 0.3) is 5.65 Å². The van der Waals surface area contributed by atoms with E-state index in [1.54, 1.807) is 7.05 Å². The van der Waals surface area contributed by atoms with Gasteiger partial charge in [-0.05, 0) is 18.6 Å². The van der Waals surface area contributed by atoms with Crippen molar-refractivity contribution in [3.63, 3.8) is 0 Å². The van der Waals surface area contributed by atoms with Crippen LogP contribution in [0.5, 0.6) is 0 Å². The zero-order valence-corrected chi connectivity index (χ0v) is 14.5. The summed E-state index contributed by atoms with van der Waals surface area (Å²) < 4.78 is 42.3. The van der Waals surface area contributed by atoms with Crippen LogP contribution < -0.4 is 10.00 Å². The number of thioether (sulfide) groups is 1. The fourth-order valence-corrected chi connectivity index (χ4v) is 2.99. The zero-order valence-electron chi connectivity index (χ0n) is 13.7. The third-order valence-corrected chi connectivity index (χ3v) is 4.51. The number of aromatic amines is 1. The molecule has 138 valence electrons. The highest BCUT2D eigenvalue weighted by molar-refractivity contribution is 7.99. The van der Waals surface area contributed by atoms with Gasteiger partial charge in [-0.1, -0.05) is 18.7 Å². The van der Waals surface area contributed by atoms with Crippen LogP contribution in [0.1, 0.15) is 29.4 Å². The predicted octanol–water partition coefficient (Wildman–Crippen LogP) is 1.45. The van der Waals surface area contributed by atoms with Crippen molar-refractivity contribution in [1.82, 2.24) is 30.1 Å². The van der Waals surface area contributed by atoms with Crippen molar-refractivity contribution in [2.24, 2.45) is 7.05 Å². The van der Waals surface area contributed by atoms with Crippen molar-refractivity contribution >= 4 is 29.3 Å². The van der Waals surface area contributed by atoms with Gasteiger partial charge in [0, 0.05) is 5.75 Å². The fourth-order valence-electron chi connectivity index (χ4n) is 2.19. The van der Waals surface area contributed by atoms with Gasteiger partial charge in [0.25, 0.3) is 0 Å². The molecular weight excluding hydrogens is 373 g/mol. The number of hydrogen-bond acceptors (Lipinski definition) is 6. The summed E-state index contributed by atoms with van der Waals surface area (Å²) in [6.45, 7) is 1.90. The first-order valence-corrected chi connectivity index (χ1v) is 8.48. The summed E-state index contributed by atoms with van der Waals surface area (Å²) in [5, 5.41) is 19.8. The van der Waals surface area contributed by atoms with E-state index in [0.29, 0.717) is 5.75 Å². The van der Waals surface area contributed by atoms with Crippen LogP contribution in [0, 0.1) is 0 Å². The monoisotopic (exact) mass is 387 g/mol. The molecule has 3 rings (SSSR count). The molecule has 3 aromatic heterocycles. The molecule has 2 N–H and O–H groups in total. The topological polar surface area (TPSA) is 105 Å². The minimum absolute atomic E-state index is 0.0585. The summed E-state index contributed by atoms with van der Waals surface area (Å²) in [6, 6.07) is 1.90. The molecular formula is C13H14F3N8OS+. The Labute approximate surface area is 149 Å². The highest BCUT2D eigenvalue weighted by Crippen LogP contribution is 2.33. The SMILES string of the molecule is CCCSc1nnc2c(C(=O)Nc3nn[nH][n+]3C)ccc(C(F)(F)F)n12. The molecule has 3 aromatic rings. The Morgan fingerprint density at radius 1 is 1.35 bits per heavy atom. The number of tetrazole rings is 1. The van der Waals surface area contributed by atoms with Crippen LogP contribution in [0.15, 0.2) is 17.3 Å². The molecule has 0 aliphatic heterocycles. The lowest BCUT2D eigenvalue weighted by Gasteiger charge is -2.12. The molecule has 0 aromatic carbocycles. The Balaban J connectivity index is 2.08. The molecule has 26 heavy (non-hydrogen) atoms. The quantitative estimate of drug-likeness (QED) is 0.507. The lowest BCUT2D eigenvalue weighted by atomic mass is 10.2. The number of pyridine rings is 1. The second-order valence-electron chi connectivity index (χ2n) is 5.26. The molecule has 0 unspecified atom stereocenters. The van der Waals surface area contributed by atoms with E-state index >= 15 is 0 Å². The number of aryl methyl sites for hydroxylation is 1. The molecule has 1 amide bonds. The van der Waals surface area contributed by atoms with Crippen molar-refractivity contribution in [3.8, 4) is 0 Å². The molecule has 13 heteroatoms. The Morgan fingerprint density at radius 3 is 2.73 bits per heavy atom. The number of anilines is 1. The number of H-pyrrole nitrogens is 1. The molecule has 0 atom stereocenters. The van der Waals surface area contributed by atoms with Gasteiger partial charge >= 0.3 is 18.0 Å². The van der Waals surface area contributed by atoms with Gasteiger partial charge in [-0.25, -0.2) is 5.32 Å². The van der Waals surface area contributed by atoms with E-state index < -0.39 is 17.8 Å². The van der Waals surface area contributed by atoms with Crippen LogP contribution in [-0.4, -0.2) is 41.8 Å². The van der Waals surface area contributed by atoms with Gasteiger partial charge in [-0.15, -0.1) is 15.4 Å². The third kappa shape index (κ3) is 3.34. The van der Waals surface area contributed by atoms with Gasteiger partial charge in [0.15, 0.2) is 10.8 Å². The normalized spacial score (nSPS) is 11.9. The van der Waals surface area contributed by atoms with E-state index in [9.17, 15) is 18.0 Å². The predicted molar refractivity (Wildman–Crippen MR) is 84.5 cm³/mol. The molecule has 0 radical (unpaired) electrons. The van der Waals surface area contributed by atoms with Crippen LogP contribution >= 0.6 is 11.8 Å². The molecule has 0 saturated heterocycles. The minimum Gasteiger partial charge on any atom is -0.265 e. The van der Waals surface area contributed by atoms with Gasteiger partial charge in [0.05, 0.1) is 17.7 Å². The molecule has 0 saturated carbocycles. The number of hydrogen-bond donors (Lipinski definition) is 2. The maximum atomic E-state index is 13.4. The lowest BCUT2D eigenvalue weighted by Crippen LogP contribution is -2.35. The van der Waals surface area contributed by atoms with E-state index in [1.807, 2.05) is 6.92 Å². The number of fused-ring (bicyclic) bond motifs is 1. The number of halogens is 3. The number of nitrogens with zero attached hydrogens (tertiary/aromatic N) is 6. The Hall–Kier alpha value is -2.70. The van der Waals surface area contributed by atoms with Gasteiger partial charge in [-0.3, -0.25) is 9.20 Å². The highest BCUT2D eigenvalue weighted by atomic mass is 32.2. The second kappa shape index (κ2) is 6.90. The second-order valence-corrected chi connectivity index (χ2v) is 6.32. The summed E-state index contributed by atoms with van der Waals surface area (Å²) in [6.07, 6.45) is -3.86. The van der Waals surface area contributed by atoms with E-state index in [2.05, 4.69) is 31.0 Å². The smallest absolute Gasteiger partial charge is 0.265 e. The summed E-state index contributed by atoms with van der Waals surface area (Å²) >= 11 is 1.14. The molecule has 0 aliphatic carbocycles. The first-order chi connectivity index (χ1) is 12.3. The molecule has 0 spiro atoms. The summed E-state index contributed by atoms with van der Waals surface area (Å²) in [7, 11) is 1.56. The summed E-state index contributed by atoms with van der Waals surface area (Å²) in [5.41, 5.74) is -1.18. The van der Waals surface area contributed by atoms with E-state index in [-0.39, 0.29) is 22.3 Å². The van der Waals surface area contributed by atoms with Crippen molar-refractivity contribution in [2.75, 3.05) is 11.1 Å². The number of rotatable bonds is 5. The Morgan fingerprint density at radius 2 is 2.12 bits per heavy atom. The molecule has 0 aliphatic rings. The largest absolute Gasteiger partial charge is 0.431 e. The molecule has 0 fully saturated rings. The van der Waals surface area contributed by atoms with E-state index in [4.69, 9.17) is 0 Å². The summed E-state index contributed by atoms with van der Waals surface area (Å²) in [5.74, 6) is 0.00401. The number of carbonyl (C=O) groups excluding carboxylic acids is 1. The van der Waals surface area contributed by atoms with Gasteiger partial charge < -0.3 is 0 Å². The van der Waals surface area contributed by atoms with Crippen LogP contribution in [0.3, 0.4) is 0 Å². The maximum absolute atomic E-state index is 13.4. The van der Waals surface area contributed by atoms with Crippen LogP contribution in [0.2, 0.25) is 0 Å². The van der Waals surface area contributed by atoms with E-state index in [1.165, 1.54) is 4.68 Å². The van der Waals surface area contributed by atoms with E-state index in [0.717, 1.165) is 34.7 Å². The van der Waals surface area contributed by atoms with Crippen molar-refractivity contribution in [3.05, 3.63) is 23.4 Å². The number of nitrogens with one attached hydrogen (secondary N) is 2. The maximum Gasteiger partial charge on any atom is 0.431 e. The van der Waals surface area contributed by atoms with Crippen LogP contribution in [-0.2, 0) is 13.2 Å². The zero-order chi connectivity index (χ0) is 18.9. The summed E-state index contributed by atoms with van der Waals surface area (Å²) in [4.78, 5) is 12.5. The first kappa shape index (κ1) is 18.1. The number of carbonyl (C=O) groups is 1. The fraction of sp³-hybridized carbons (Fsp3) is 0.385. The van der Waals surface area contributed by atoms with Crippen LogP contribution in [0.4, 0.5) is 19.1 Å². The van der Waals surface area contributed by atoms with Gasteiger partial charge in [0.2, 0.25) is 0 Å². The lowest BCUT2D eigenvalue weighted by molar-refractivity contribution is -0.717. The minimum atomic E-state index is -4.62. The number of amides is 1. The van der Waals surface area contributed by atoms with Crippen molar-refractivity contribution < 1.29 is 22.6 Å². The van der Waals surface area contributed by atoms with Gasteiger partial charge in [-0.2, -0.15) is 17.9 Å². The van der Waals surface area contributed by atoms with Gasteiger partial charge in [0.1, 0.15) is 10.9 Å². The Kier molecular flexibility index (Phi) is 4.80. The standard InChI is InChI=1S/C13H13F3N8OS/c1-3-6-26-12-20-18-9-7(4-5-8(24(9)12)13(14,15)16)10(25)17-11-19-21-22-23(11)2/h4-5H,3,6H2,1-2H3,(H,17,19,22,25)/p+1. The third-order valence-electron chi connectivity index (χ3n) is 3.38. The highest BCUT2D eigenvalue weighted by Gasteiger charge is 2.36. The average Bonchev–Trinajstić information content (AvgIpc) is 3.18. The Bertz CT molecular complexity index is 951. The number of aromatic nitrogens is 7. The molecule has 3 heterocycles. The number of alkyl halides is 3. The average molecular weight is 387 g/mol. The molecule has 0 bridgehead atoms. The van der Waals surface area contributed by atoms with Crippen molar-refractivity contribution in [2.45, 2.75) is 24.7 Å².